The monoisotopic (exact) mass is 502 g/mol. The summed E-state index contributed by atoms with van der Waals surface area (Å²) in [5.74, 6) is -4.91. The molecule has 1 aromatic heterocycles. The Morgan fingerprint density at radius 2 is 2.00 bits per heavy atom. The number of H-pyrrole nitrogens is 1. The molecular formula is C26H19FN4O6. The quantitative estimate of drug-likeness (QED) is 0.284. The maximum Gasteiger partial charge on any atom is 0.288 e. The number of hydrogen-bond acceptors (Lipinski definition) is 7. The lowest BCUT2D eigenvalue weighted by atomic mass is 9.82. The summed E-state index contributed by atoms with van der Waals surface area (Å²) in [5.41, 5.74) is -1.74. The lowest BCUT2D eigenvalue weighted by molar-refractivity contribution is -0.388. The summed E-state index contributed by atoms with van der Waals surface area (Å²) in [6, 6.07) is 12.5. The smallest absolute Gasteiger partial charge is 0.288 e. The van der Waals surface area contributed by atoms with Crippen LogP contribution in [0.1, 0.15) is 57.4 Å². The molecular weight excluding hydrogens is 483 g/mol. The number of halogens is 1. The zero-order chi connectivity index (χ0) is 26.3. The van der Waals surface area contributed by atoms with Crippen LogP contribution in [0.3, 0.4) is 0 Å². The highest BCUT2D eigenvalue weighted by Gasteiger charge is 2.73. The van der Waals surface area contributed by atoms with Crippen LogP contribution in [0.15, 0.2) is 54.6 Å². The van der Waals surface area contributed by atoms with E-state index in [1.165, 1.54) is 24.3 Å². The Labute approximate surface area is 208 Å². The number of carbonyl (C=O) groups is 2. The number of carbonyl (C=O) groups excluding carboxylic acids is 2. The van der Waals surface area contributed by atoms with E-state index in [1.54, 1.807) is 18.2 Å². The SMILES string of the molecule is CC(C)c1ccc2c(c1)OC1(O)c3c(cccc3[N+](=O)[O-])C(=O)C21NC(=O)c1nc2cc(F)ccc2[nH]1. The fourth-order valence-electron chi connectivity index (χ4n) is 5.19. The van der Waals surface area contributed by atoms with Crippen LogP contribution < -0.4 is 10.1 Å². The number of aliphatic hydroxyl groups is 1. The molecule has 3 aromatic carbocycles. The van der Waals surface area contributed by atoms with E-state index in [4.69, 9.17) is 4.74 Å². The molecule has 0 bridgehead atoms. The maximum absolute atomic E-state index is 14.0. The summed E-state index contributed by atoms with van der Waals surface area (Å²) in [6.45, 7) is 3.89. The topological polar surface area (TPSA) is 147 Å². The highest BCUT2D eigenvalue weighted by molar-refractivity contribution is 6.14. The Morgan fingerprint density at radius 1 is 1.22 bits per heavy atom. The predicted octanol–water partition coefficient (Wildman–Crippen LogP) is 3.79. The Bertz CT molecular complexity index is 1680. The Balaban J connectivity index is 1.56. The highest BCUT2D eigenvalue weighted by atomic mass is 19.1. The number of nitrogens with zero attached hydrogens (tertiary/aromatic N) is 2. The molecule has 11 heteroatoms. The normalized spacial score (nSPS) is 21.5. The fourth-order valence-corrected chi connectivity index (χ4v) is 5.19. The van der Waals surface area contributed by atoms with Crippen LogP contribution in [0.5, 0.6) is 5.75 Å². The summed E-state index contributed by atoms with van der Waals surface area (Å²) >= 11 is 0. The van der Waals surface area contributed by atoms with Crippen LogP contribution in [0.2, 0.25) is 0 Å². The van der Waals surface area contributed by atoms with Gasteiger partial charge in [-0.15, -0.1) is 0 Å². The molecule has 186 valence electrons. The van der Waals surface area contributed by atoms with Crippen molar-refractivity contribution >= 4 is 28.4 Å². The average molecular weight is 502 g/mol. The minimum atomic E-state index is -2.62. The zero-order valence-corrected chi connectivity index (χ0v) is 19.5. The number of Topliss-reactive ketones (excluding diaryl/α,β-unsaturated/α-hetero) is 1. The van der Waals surface area contributed by atoms with Crippen molar-refractivity contribution in [3.8, 4) is 5.75 Å². The van der Waals surface area contributed by atoms with Crippen LogP contribution in [-0.2, 0) is 11.3 Å². The molecule has 0 radical (unpaired) electrons. The minimum Gasteiger partial charge on any atom is -0.454 e. The van der Waals surface area contributed by atoms with Crippen molar-refractivity contribution in [1.29, 1.82) is 0 Å². The van der Waals surface area contributed by atoms with Gasteiger partial charge in [0.25, 0.3) is 17.4 Å². The number of aromatic nitrogens is 2. The van der Waals surface area contributed by atoms with E-state index in [0.717, 1.165) is 17.7 Å². The summed E-state index contributed by atoms with van der Waals surface area (Å²) in [5, 5.41) is 26.5. The molecule has 2 heterocycles. The molecule has 2 unspecified atom stereocenters. The summed E-state index contributed by atoms with van der Waals surface area (Å²) < 4.78 is 19.6. The average Bonchev–Trinajstić information content (AvgIpc) is 3.44. The maximum atomic E-state index is 14.0. The van der Waals surface area contributed by atoms with Gasteiger partial charge < -0.3 is 20.1 Å². The van der Waals surface area contributed by atoms with Crippen molar-refractivity contribution in [2.24, 2.45) is 0 Å². The van der Waals surface area contributed by atoms with Gasteiger partial charge in [-0.3, -0.25) is 19.7 Å². The lowest BCUT2D eigenvalue weighted by Gasteiger charge is -2.33. The molecule has 1 aliphatic heterocycles. The number of nitro benzene ring substituents is 1. The summed E-state index contributed by atoms with van der Waals surface area (Å²) in [4.78, 5) is 45.5. The molecule has 0 spiro atoms. The second kappa shape index (κ2) is 7.43. The first-order valence-electron chi connectivity index (χ1n) is 11.4. The highest BCUT2D eigenvalue weighted by Crippen LogP contribution is 2.60. The predicted molar refractivity (Wildman–Crippen MR) is 128 cm³/mol. The lowest BCUT2D eigenvalue weighted by Crippen LogP contribution is -2.60. The van der Waals surface area contributed by atoms with Crippen molar-refractivity contribution in [3.05, 3.63) is 98.6 Å². The zero-order valence-electron chi connectivity index (χ0n) is 19.5. The van der Waals surface area contributed by atoms with E-state index in [2.05, 4.69) is 15.3 Å². The Kier molecular flexibility index (Phi) is 4.58. The molecule has 0 fully saturated rings. The van der Waals surface area contributed by atoms with Crippen LogP contribution >= 0.6 is 0 Å². The third-order valence-electron chi connectivity index (χ3n) is 6.97. The fraction of sp³-hybridized carbons (Fsp3) is 0.192. The summed E-state index contributed by atoms with van der Waals surface area (Å²) in [6.07, 6.45) is 0. The summed E-state index contributed by atoms with van der Waals surface area (Å²) in [7, 11) is 0. The number of hydrogen-bond donors (Lipinski definition) is 3. The van der Waals surface area contributed by atoms with Gasteiger partial charge >= 0.3 is 0 Å². The number of nitrogens with one attached hydrogen (secondary N) is 2. The molecule has 37 heavy (non-hydrogen) atoms. The van der Waals surface area contributed by atoms with Crippen molar-refractivity contribution in [1.82, 2.24) is 15.3 Å². The van der Waals surface area contributed by atoms with Crippen molar-refractivity contribution in [2.45, 2.75) is 31.1 Å². The number of rotatable bonds is 4. The molecule has 0 saturated carbocycles. The second-order valence-electron chi connectivity index (χ2n) is 9.39. The van der Waals surface area contributed by atoms with Gasteiger partial charge in [-0.25, -0.2) is 9.37 Å². The third-order valence-corrected chi connectivity index (χ3v) is 6.97. The number of fused-ring (bicyclic) bond motifs is 6. The van der Waals surface area contributed by atoms with Gasteiger partial charge in [0.2, 0.25) is 11.3 Å². The minimum absolute atomic E-state index is 0.0720. The third kappa shape index (κ3) is 2.91. The number of amides is 1. The first-order valence-corrected chi connectivity index (χ1v) is 11.4. The van der Waals surface area contributed by atoms with Gasteiger partial charge in [0.05, 0.1) is 16.0 Å². The molecule has 3 N–H and O–H groups in total. The Hall–Kier alpha value is -4.64. The van der Waals surface area contributed by atoms with Gasteiger partial charge in [0.15, 0.2) is 5.82 Å². The number of nitro groups is 1. The molecule has 1 amide bonds. The van der Waals surface area contributed by atoms with Gasteiger partial charge in [-0.2, -0.15) is 0 Å². The van der Waals surface area contributed by atoms with E-state index in [0.29, 0.717) is 5.52 Å². The van der Waals surface area contributed by atoms with Crippen molar-refractivity contribution < 1.29 is 28.7 Å². The van der Waals surface area contributed by atoms with Crippen LogP contribution in [0, 0.1) is 15.9 Å². The van der Waals surface area contributed by atoms with Gasteiger partial charge in [0, 0.05) is 23.3 Å². The largest absolute Gasteiger partial charge is 0.454 e. The van der Waals surface area contributed by atoms with Gasteiger partial charge in [-0.05, 0) is 29.7 Å². The van der Waals surface area contributed by atoms with Crippen LogP contribution in [0.4, 0.5) is 10.1 Å². The van der Waals surface area contributed by atoms with Crippen molar-refractivity contribution in [3.63, 3.8) is 0 Å². The molecule has 4 aromatic rings. The number of benzene rings is 3. The molecule has 2 aliphatic rings. The van der Waals surface area contributed by atoms with E-state index in [1.807, 2.05) is 13.8 Å². The number of imidazole rings is 1. The molecule has 6 rings (SSSR count). The first-order chi connectivity index (χ1) is 17.6. The Morgan fingerprint density at radius 3 is 2.73 bits per heavy atom. The van der Waals surface area contributed by atoms with E-state index in [9.17, 15) is 29.2 Å². The second-order valence-corrected chi connectivity index (χ2v) is 9.39. The van der Waals surface area contributed by atoms with Gasteiger partial charge in [0.1, 0.15) is 17.1 Å². The molecule has 1 aliphatic carbocycles. The van der Waals surface area contributed by atoms with E-state index >= 15 is 0 Å². The first kappa shape index (κ1) is 22.8. The number of ketones is 1. The molecule has 2 atom stereocenters. The van der Waals surface area contributed by atoms with Crippen molar-refractivity contribution in [2.75, 3.05) is 0 Å². The molecule has 10 nitrogen and oxygen atoms in total. The standard InChI is InChI=1S/C26H19FN4O6/c1-12(2)13-6-8-16-20(10-13)37-26(34)21-15(4-3-5-19(21)31(35)36)22(32)25(16,26)30-24(33)23-28-17-9-7-14(27)11-18(17)29-23/h3-12,34H,1-2H3,(H,28,29)(H,30,33). The van der Waals surface area contributed by atoms with E-state index < -0.39 is 39.4 Å². The van der Waals surface area contributed by atoms with Gasteiger partial charge in [-0.1, -0.05) is 38.1 Å². The molecule has 0 saturated heterocycles. The van der Waals surface area contributed by atoms with Crippen LogP contribution in [0.25, 0.3) is 11.0 Å². The van der Waals surface area contributed by atoms with Crippen LogP contribution in [-0.4, -0.2) is 31.7 Å². The van der Waals surface area contributed by atoms with E-state index in [-0.39, 0.29) is 39.7 Å². The number of aromatic amines is 1. The number of ether oxygens (including phenoxy) is 1.